The van der Waals surface area contributed by atoms with Crippen LogP contribution in [0.1, 0.15) is 12.2 Å². The van der Waals surface area contributed by atoms with E-state index in [1.165, 1.54) is 0 Å². The van der Waals surface area contributed by atoms with Crippen molar-refractivity contribution in [3.63, 3.8) is 0 Å². The summed E-state index contributed by atoms with van der Waals surface area (Å²) in [7, 11) is 0. The first kappa shape index (κ1) is 11.3. The Kier molecular flexibility index (Phi) is 2.80. The number of aliphatic hydroxyl groups excluding tert-OH is 1. The molecule has 1 aliphatic heterocycles. The van der Waals surface area contributed by atoms with Crippen molar-refractivity contribution >= 4 is 0 Å². The first-order chi connectivity index (χ1) is 8.76. The van der Waals surface area contributed by atoms with Crippen LogP contribution in [-0.2, 0) is 13.0 Å². The Balaban J connectivity index is 1.91. The number of hydrogen-bond acceptors (Lipinski definition) is 3. The fourth-order valence-corrected chi connectivity index (χ4v) is 2.42. The van der Waals surface area contributed by atoms with Crippen molar-refractivity contribution in [1.82, 2.24) is 9.55 Å². The van der Waals surface area contributed by atoms with Gasteiger partial charge < -0.3 is 14.8 Å². The monoisotopic (exact) mass is 244 g/mol. The number of aliphatic hydroxyl groups is 1. The number of benzene rings is 1. The van der Waals surface area contributed by atoms with Crippen molar-refractivity contribution in [2.45, 2.75) is 19.4 Å². The zero-order valence-electron chi connectivity index (χ0n) is 10.1. The van der Waals surface area contributed by atoms with E-state index >= 15 is 0 Å². The lowest BCUT2D eigenvalue weighted by Crippen LogP contribution is -2.21. The predicted octanol–water partition coefficient (Wildman–Crippen LogP) is 1.81. The van der Waals surface area contributed by atoms with Crippen LogP contribution in [0.3, 0.4) is 0 Å². The van der Waals surface area contributed by atoms with Crippen molar-refractivity contribution in [3.05, 3.63) is 36.3 Å². The van der Waals surface area contributed by atoms with Gasteiger partial charge in [0.1, 0.15) is 11.6 Å². The van der Waals surface area contributed by atoms with Gasteiger partial charge in [-0.3, -0.25) is 0 Å². The van der Waals surface area contributed by atoms with E-state index in [0.29, 0.717) is 5.92 Å². The van der Waals surface area contributed by atoms with E-state index in [2.05, 4.69) is 15.7 Å². The minimum absolute atomic E-state index is 0.238. The molecule has 0 radical (unpaired) electrons. The molecule has 18 heavy (non-hydrogen) atoms. The van der Waals surface area contributed by atoms with Crippen LogP contribution in [0.5, 0.6) is 5.75 Å². The maximum atomic E-state index is 9.28. The number of fused-ring (bicyclic) bond motifs is 1. The molecule has 1 aromatic carbocycles. The average Bonchev–Trinajstić information content (AvgIpc) is 2.82. The molecule has 0 saturated carbocycles. The molecule has 94 valence electrons. The molecule has 4 nitrogen and oxygen atoms in total. The highest BCUT2D eigenvalue weighted by atomic mass is 16.3. The van der Waals surface area contributed by atoms with Crippen LogP contribution in [0.4, 0.5) is 0 Å². The second kappa shape index (κ2) is 4.46. The van der Waals surface area contributed by atoms with Gasteiger partial charge in [0.25, 0.3) is 0 Å². The quantitative estimate of drug-likeness (QED) is 0.847. The van der Waals surface area contributed by atoms with E-state index in [1.54, 1.807) is 12.1 Å². The average molecular weight is 244 g/mol. The minimum Gasteiger partial charge on any atom is -0.508 e. The lowest BCUT2D eigenvalue weighted by atomic mass is 9.99. The third-order valence-electron chi connectivity index (χ3n) is 3.53. The van der Waals surface area contributed by atoms with Gasteiger partial charge in [0.05, 0.1) is 5.69 Å². The molecule has 4 heteroatoms. The van der Waals surface area contributed by atoms with Crippen molar-refractivity contribution in [2.75, 3.05) is 6.61 Å². The fourth-order valence-electron chi connectivity index (χ4n) is 2.42. The normalized spacial score (nSPS) is 18.6. The van der Waals surface area contributed by atoms with E-state index in [4.69, 9.17) is 0 Å². The van der Waals surface area contributed by atoms with Gasteiger partial charge in [0, 0.05) is 31.3 Å². The topological polar surface area (TPSA) is 58.3 Å². The van der Waals surface area contributed by atoms with Crippen molar-refractivity contribution in [1.29, 1.82) is 0 Å². The lowest BCUT2D eigenvalue weighted by molar-refractivity contribution is 0.199. The number of nitrogens with zero attached hydrogens (tertiary/aromatic N) is 2. The summed E-state index contributed by atoms with van der Waals surface area (Å²) < 4.78 is 2.16. The highest BCUT2D eigenvalue weighted by molar-refractivity contribution is 5.59. The number of aromatic nitrogens is 2. The van der Waals surface area contributed by atoms with Crippen LogP contribution in [0.2, 0.25) is 0 Å². The van der Waals surface area contributed by atoms with Gasteiger partial charge >= 0.3 is 0 Å². The molecule has 1 aliphatic rings. The molecule has 0 bridgehead atoms. The number of imidazole rings is 1. The molecule has 2 N–H and O–H groups in total. The van der Waals surface area contributed by atoms with Crippen molar-refractivity contribution in [2.24, 2.45) is 5.92 Å². The Hall–Kier alpha value is -1.81. The molecular weight excluding hydrogens is 228 g/mol. The van der Waals surface area contributed by atoms with E-state index in [0.717, 1.165) is 36.5 Å². The highest BCUT2D eigenvalue weighted by Crippen LogP contribution is 2.25. The van der Waals surface area contributed by atoms with Crippen LogP contribution < -0.4 is 0 Å². The molecule has 0 saturated heterocycles. The summed E-state index contributed by atoms with van der Waals surface area (Å²) in [6.45, 7) is 1.16. The Labute approximate surface area is 106 Å². The molecule has 1 aromatic heterocycles. The Morgan fingerprint density at radius 1 is 1.28 bits per heavy atom. The zero-order valence-corrected chi connectivity index (χ0v) is 10.1. The van der Waals surface area contributed by atoms with Gasteiger partial charge in [0.2, 0.25) is 0 Å². The van der Waals surface area contributed by atoms with Crippen LogP contribution in [-0.4, -0.2) is 26.4 Å². The number of phenolic OH excluding ortho intramolecular Hbond substituents is 1. The Morgan fingerprint density at radius 3 is 2.78 bits per heavy atom. The van der Waals surface area contributed by atoms with Crippen LogP contribution in [0.15, 0.2) is 30.5 Å². The summed E-state index contributed by atoms with van der Waals surface area (Å²) in [6, 6.07) is 7.08. The molecule has 2 aromatic rings. The molecule has 1 atom stereocenters. The number of rotatable bonds is 2. The molecule has 0 fully saturated rings. The summed E-state index contributed by atoms with van der Waals surface area (Å²) in [5.74, 6) is 1.65. The predicted molar refractivity (Wildman–Crippen MR) is 68.2 cm³/mol. The Morgan fingerprint density at radius 2 is 2.06 bits per heavy atom. The van der Waals surface area contributed by atoms with Gasteiger partial charge in [-0.25, -0.2) is 4.98 Å². The minimum atomic E-state index is 0.238. The van der Waals surface area contributed by atoms with Crippen LogP contribution in [0.25, 0.3) is 11.3 Å². The number of phenols is 1. The number of aryl methyl sites for hydroxylation is 1. The van der Waals surface area contributed by atoms with E-state index in [1.807, 2.05) is 12.1 Å². The summed E-state index contributed by atoms with van der Waals surface area (Å²) in [6.07, 6.45) is 3.90. The van der Waals surface area contributed by atoms with E-state index < -0.39 is 0 Å². The first-order valence-corrected chi connectivity index (χ1v) is 6.22. The zero-order chi connectivity index (χ0) is 12.5. The molecule has 0 aliphatic carbocycles. The van der Waals surface area contributed by atoms with Gasteiger partial charge in [0.15, 0.2) is 0 Å². The maximum absolute atomic E-state index is 9.28. The molecule has 1 unspecified atom stereocenters. The smallest absolute Gasteiger partial charge is 0.115 e. The van der Waals surface area contributed by atoms with Gasteiger partial charge in [-0.1, -0.05) is 0 Å². The van der Waals surface area contributed by atoms with Crippen LogP contribution >= 0.6 is 0 Å². The van der Waals surface area contributed by atoms with Crippen LogP contribution in [0, 0.1) is 5.92 Å². The Bertz CT molecular complexity index is 545. The third kappa shape index (κ3) is 1.99. The highest BCUT2D eigenvalue weighted by Gasteiger charge is 2.20. The number of hydrogen-bond donors (Lipinski definition) is 2. The maximum Gasteiger partial charge on any atom is 0.115 e. The largest absolute Gasteiger partial charge is 0.508 e. The molecule has 2 heterocycles. The molecule has 0 amide bonds. The van der Waals surface area contributed by atoms with Gasteiger partial charge in [-0.2, -0.15) is 0 Å². The SMILES string of the molecule is OCC1CCn2cc(-c3ccc(O)cc3)nc2C1. The molecule has 3 rings (SSSR count). The van der Waals surface area contributed by atoms with Crippen molar-refractivity contribution in [3.8, 4) is 17.0 Å². The standard InChI is InChI=1S/C14H16N2O2/c17-9-10-5-6-16-8-13(15-14(16)7-10)11-1-3-12(18)4-2-11/h1-4,8,10,17-18H,5-7,9H2. The number of aromatic hydroxyl groups is 1. The van der Waals surface area contributed by atoms with Crippen molar-refractivity contribution < 1.29 is 10.2 Å². The van der Waals surface area contributed by atoms with Gasteiger partial charge in [-0.05, 0) is 36.6 Å². The van der Waals surface area contributed by atoms with E-state index in [9.17, 15) is 10.2 Å². The van der Waals surface area contributed by atoms with Gasteiger partial charge in [-0.15, -0.1) is 0 Å². The molecular formula is C14H16N2O2. The first-order valence-electron chi connectivity index (χ1n) is 6.22. The summed E-state index contributed by atoms with van der Waals surface area (Å²) in [4.78, 5) is 4.62. The second-order valence-corrected chi connectivity index (χ2v) is 4.82. The summed E-state index contributed by atoms with van der Waals surface area (Å²) >= 11 is 0. The fraction of sp³-hybridized carbons (Fsp3) is 0.357. The summed E-state index contributed by atoms with van der Waals surface area (Å²) in [5, 5.41) is 18.5. The lowest BCUT2D eigenvalue weighted by Gasteiger charge is -2.20. The second-order valence-electron chi connectivity index (χ2n) is 4.82. The molecule has 0 spiro atoms. The van der Waals surface area contributed by atoms with E-state index in [-0.39, 0.29) is 12.4 Å². The summed E-state index contributed by atoms with van der Waals surface area (Å²) in [5.41, 5.74) is 1.94. The third-order valence-corrected chi connectivity index (χ3v) is 3.53.